The number of amides is 1. The number of H-pyrrole nitrogens is 1. The van der Waals surface area contributed by atoms with Crippen molar-refractivity contribution in [2.24, 2.45) is 0 Å². The molecule has 9 heteroatoms. The van der Waals surface area contributed by atoms with E-state index >= 15 is 0 Å². The lowest BCUT2D eigenvalue weighted by atomic mass is 10.1. The van der Waals surface area contributed by atoms with Crippen LogP contribution in [0.25, 0.3) is 33.0 Å². The molecule has 0 spiro atoms. The van der Waals surface area contributed by atoms with Gasteiger partial charge in [0.1, 0.15) is 16.6 Å². The standard InChI is InChI=1S/C25H24ClN7O/c1-14-10-28-24-22(20(14)26)32-19-9-17(12-29-21(19)23(24)31-13-33(2)3)25(34)30-11-15-4-5-16-6-7-27-18(16)8-15/h4-10,12,27H,11,13H2,1-3H3,(H,30,34)(H,31,32). The Labute approximate surface area is 201 Å². The van der Waals surface area contributed by atoms with Crippen LogP contribution in [0.2, 0.25) is 5.02 Å². The SMILES string of the molecule is Cc1cnc2c(NCN(C)C)c3ncc(C(=O)NCc4ccc5cc[nH]c5c4)cc3nc2c1Cl. The van der Waals surface area contributed by atoms with E-state index < -0.39 is 0 Å². The predicted molar refractivity (Wildman–Crippen MR) is 136 cm³/mol. The van der Waals surface area contributed by atoms with Crippen LogP contribution in [0.3, 0.4) is 0 Å². The molecule has 0 fully saturated rings. The molecule has 0 aliphatic carbocycles. The van der Waals surface area contributed by atoms with Crippen LogP contribution in [0.5, 0.6) is 0 Å². The Kier molecular flexibility index (Phi) is 5.77. The number of anilines is 1. The zero-order chi connectivity index (χ0) is 23.8. The molecule has 172 valence electrons. The molecule has 5 aromatic rings. The third-order valence-electron chi connectivity index (χ3n) is 5.65. The minimum atomic E-state index is -0.223. The fourth-order valence-corrected chi connectivity index (χ4v) is 4.02. The van der Waals surface area contributed by atoms with Gasteiger partial charge in [-0.3, -0.25) is 19.7 Å². The zero-order valence-corrected chi connectivity index (χ0v) is 19.9. The molecule has 5 rings (SSSR count). The van der Waals surface area contributed by atoms with Crippen LogP contribution in [0.4, 0.5) is 5.69 Å². The van der Waals surface area contributed by atoms with Crippen molar-refractivity contribution in [1.29, 1.82) is 0 Å². The summed E-state index contributed by atoms with van der Waals surface area (Å²) in [6, 6.07) is 9.82. The van der Waals surface area contributed by atoms with E-state index in [-0.39, 0.29) is 5.91 Å². The molecule has 0 bridgehead atoms. The molecule has 8 nitrogen and oxygen atoms in total. The molecule has 34 heavy (non-hydrogen) atoms. The Morgan fingerprint density at radius 2 is 1.91 bits per heavy atom. The van der Waals surface area contributed by atoms with E-state index in [4.69, 9.17) is 16.6 Å². The number of benzene rings is 1. The van der Waals surface area contributed by atoms with Gasteiger partial charge >= 0.3 is 0 Å². The maximum Gasteiger partial charge on any atom is 0.253 e. The van der Waals surface area contributed by atoms with Crippen LogP contribution < -0.4 is 10.6 Å². The Balaban J connectivity index is 1.49. The molecule has 0 atom stereocenters. The van der Waals surface area contributed by atoms with Gasteiger partial charge in [-0.25, -0.2) is 4.98 Å². The van der Waals surface area contributed by atoms with Gasteiger partial charge < -0.3 is 15.6 Å². The number of carbonyl (C=O) groups is 1. The maximum atomic E-state index is 12.9. The lowest BCUT2D eigenvalue weighted by Crippen LogP contribution is -2.23. The summed E-state index contributed by atoms with van der Waals surface area (Å²) in [6.45, 7) is 2.87. The number of fused-ring (bicyclic) bond motifs is 3. The summed E-state index contributed by atoms with van der Waals surface area (Å²) in [4.78, 5) is 32.0. The van der Waals surface area contributed by atoms with E-state index in [1.807, 2.05) is 56.4 Å². The van der Waals surface area contributed by atoms with Gasteiger partial charge in [-0.15, -0.1) is 0 Å². The van der Waals surface area contributed by atoms with Gasteiger partial charge in [0, 0.05) is 30.7 Å². The zero-order valence-electron chi connectivity index (χ0n) is 19.1. The normalized spacial score (nSPS) is 11.6. The largest absolute Gasteiger partial charge is 0.369 e. The van der Waals surface area contributed by atoms with E-state index in [0.29, 0.717) is 45.9 Å². The van der Waals surface area contributed by atoms with Crippen molar-refractivity contribution in [3.63, 3.8) is 0 Å². The fraction of sp³-hybridized carbons (Fsp3) is 0.200. The Morgan fingerprint density at radius 1 is 1.09 bits per heavy atom. The lowest BCUT2D eigenvalue weighted by molar-refractivity contribution is 0.0950. The van der Waals surface area contributed by atoms with Crippen molar-refractivity contribution in [3.05, 3.63) is 70.6 Å². The minimum Gasteiger partial charge on any atom is -0.369 e. The van der Waals surface area contributed by atoms with Crippen LogP contribution >= 0.6 is 11.6 Å². The first-order chi connectivity index (χ1) is 16.4. The van der Waals surface area contributed by atoms with Gasteiger partial charge in [0.25, 0.3) is 5.91 Å². The fourth-order valence-electron chi connectivity index (χ4n) is 3.84. The van der Waals surface area contributed by atoms with Crippen molar-refractivity contribution in [1.82, 2.24) is 30.2 Å². The van der Waals surface area contributed by atoms with Gasteiger partial charge in [-0.1, -0.05) is 23.7 Å². The van der Waals surface area contributed by atoms with E-state index in [0.717, 1.165) is 27.7 Å². The molecule has 0 aliphatic heterocycles. The maximum absolute atomic E-state index is 12.9. The monoisotopic (exact) mass is 473 g/mol. The molecular formula is C25H24ClN7O. The van der Waals surface area contributed by atoms with Gasteiger partial charge in [-0.05, 0) is 55.7 Å². The first-order valence-electron chi connectivity index (χ1n) is 10.9. The van der Waals surface area contributed by atoms with E-state index in [1.165, 1.54) is 0 Å². The van der Waals surface area contributed by atoms with Gasteiger partial charge in [0.05, 0.1) is 28.5 Å². The summed E-state index contributed by atoms with van der Waals surface area (Å²) in [5.41, 5.74) is 6.47. The number of aromatic nitrogens is 4. The number of aromatic amines is 1. The number of rotatable bonds is 6. The molecule has 1 aromatic carbocycles. The number of nitrogens with zero attached hydrogens (tertiary/aromatic N) is 4. The molecule has 3 N–H and O–H groups in total. The number of aryl methyl sites for hydroxylation is 1. The van der Waals surface area contributed by atoms with Crippen LogP contribution in [0, 0.1) is 6.92 Å². The van der Waals surface area contributed by atoms with E-state index in [1.54, 1.807) is 18.5 Å². The summed E-state index contributed by atoms with van der Waals surface area (Å²) in [7, 11) is 3.93. The average molecular weight is 474 g/mol. The first kappa shape index (κ1) is 22.1. The predicted octanol–water partition coefficient (Wildman–Crippen LogP) is 4.48. The summed E-state index contributed by atoms with van der Waals surface area (Å²) in [5, 5.41) is 8.02. The quantitative estimate of drug-likeness (QED) is 0.248. The number of carbonyl (C=O) groups excluding carboxylic acids is 1. The third kappa shape index (κ3) is 4.13. The second-order valence-electron chi connectivity index (χ2n) is 8.53. The summed E-state index contributed by atoms with van der Waals surface area (Å²) >= 11 is 6.57. The summed E-state index contributed by atoms with van der Waals surface area (Å²) < 4.78 is 0. The molecule has 0 saturated heterocycles. The number of hydrogen-bond donors (Lipinski definition) is 3. The van der Waals surface area contributed by atoms with Gasteiger partial charge in [0.2, 0.25) is 0 Å². The highest BCUT2D eigenvalue weighted by Crippen LogP contribution is 2.33. The van der Waals surface area contributed by atoms with Crippen molar-refractivity contribution in [2.45, 2.75) is 13.5 Å². The average Bonchev–Trinajstić information content (AvgIpc) is 3.30. The molecule has 0 unspecified atom stereocenters. The summed E-state index contributed by atoms with van der Waals surface area (Å²) in [6.07, 6.45) is 5.19. The molecule has 0 saturated carbocycles. The number of halogens is 1. The molecule has 0 aliphatic rings. The Hall–Kier alpha value is -3.75. The smallest absolute Gasteiger partial charge is 0.253 e. The van der Waals surface area contributed by atoms with Crippen molar-refractivity contribution >= 4 is 56.2 Å². The van der Waals surface area contributed by atoms with Crippen LogP contribution in [0.15, 0.2) is 48.9 Å². The molecule has 4 aromatic heterocycles. The van der Waals surface area contributed by atoms with Gasteiger partial charge in [-0.2, -0.15) is 0 Å². The topological polar surface area (TPSA) is 98.8 Å². The summed E-state index contributed by atoms with van der Waals surface area (Å²) in [5.74, 6) is -0.223. The molecule has 0 radical (unpaired) electrons. The number of nitrogens with one attached hydrogen (secondary N) is 3. The Bertz CT molecular complexity index is 1540. The van der Waals surface area contributed by atoms with E-state index in [9.17, 15) is 4.79 Å². The second-order valence-corrected chi connectivity index (χ2v) is 8.91. The third-order valence-corrected chi connectivity index (χ3v) is 6.12. The molecule has 4 heterocycles. The van der Waals surface area contributed by atoms with Gasteiger partial charge in [0.15, 0.2) is 0 Å². The van der Waals surface area contributed by atoms with Crippen molar-refractivity contribution in [2.75, 3.05) is 26.1 Å². The minimum absolute atomic E-state index is 0.223. The van der Waals surface area contributed by atoms with E-state index in [2.05, 4.69) is 25.6 Å². The molecular weight excluding hydrogens is 450 g/mol. The first-order valence-corrected chi connectivity index (χ1v) is 11.3. The highest BCUT2D eigenvalue weighted by molar-refractivity contribution is 6.36. The van der Waals surface area contributed by atoms with Crippen molar-refractivity contribution < 1.29 is 4.79 Å². The van der Waals surface area contributed by atoms with Crippen LogP contribution in [0.1, 0.15) is 21.5 Å². The van der Waals surface area contributed by atoms with Crippen LogP contribution in [-0.4, -0.2) is 51.5 Å². The Morgan fingerprint density at radius 3 is 2.74 bits per heavy atom. The highest BCUT2D eigenvalue weighted by atomic mass is 35.5. The number of hydrogen-bond acceptors (Lipinski definition) is 6. The molecule has 1 amide bonds. The second kappa shape index (κ2) is 8.89. The lowest BCUT2D eigenvalue weighted by Gasteiger charge is -2.16. The number of pyridine rings is 3. The van der Waals surface area contributed by atoms with Crippen molar-refractivity contribution in [3.8, 4) is 0 Å². The van der Waals surface area contributed by atoms with Crippen LogP contribution in [-0.2, 0) is 6.54 Å². The highest BCUT2D eigenvalue weighted by Gasteiger charge is 2.17.